The summed E-state index contributed by atoms with van der Waals surface area (Å²) < 4.78 is 56.3. The number of alkyl halides is 3. The molecule has 1 saturated heterocycles. The monoisotopic (exact) mass is 313 g/mol. The Labute approximate surface area is 120 Å². The summed E-state index contributed by atoms with van der Waals surface area (Å²) in [6, 6.07) is 2.45. The van der Waals surface area contributed by atoms with Gasteiger partial charge in [0, 0.05) is 19.3 Å². The van der Waals surface area contributed by atoms with Crippen LogP contribution in [-0.2, 0) is 10.9 Å². The summed E-state index contributed by atoms with van der Waals surface area (Å²) >= 11 is 0. The molecule has 0 radical (unpaired) electrons. The van der Waals surface area contributed by atoms with Crippen LogP contribution in [0.1, 0.15) is 30.0 Å². The fourth-order valence-electron chi connectivity index (χ4n) is 2.31. The molecule has 0 bridgehead atoms. The zero-order chi connectivity index (χ0) is 14.0. The molecule has 1 fully saturated rings. The van der Waals surface area contributed by atoms with E-state index < -0.39 is 23.6 Å². The van der Waals surface area contributed by atoms with Crippen LogP contribution in [-0.4, -0.2) is 13.2 Å². The average Bonchev–Trinajstić information content (AvgIpc) is 2.38. The van der Waals surface area contributed by atoms with Gasteiger partial charge in [-0.15, -0.1) is 12.4 Å². The second-order valence-corrected chi connectivity index (χ2v) is 4.71. The molecule has 1 atom stereocenters. The smallest absolute Gasteiger partial charge is 0.381 e. The van der Waals surface area contributed by atoms with E-state index >= 15 is 0 Å². The van der Waals surface area contributed by atoms with Crippen molar-refractivity contribution in [2.75, 3.05) is 13.2 Å². The SMILES string of the molecule is Cl.N[C@@H](c1ccc(F)c(C(F)(F)F)c1)C1CCOCC1. The van der Waals surface area contributed by atoms with Crippen molar-refractivity contribution in [3.05, 3.63) is 35.1 Å². The minimum atomic E-state index is -4.70. The summed E-state index contributed by atoms with van der Waals surface area (Å²) in [5, 5.41) is 0. The molecule has 0 spiro atoms. The van der Waals surface area contributed by atoms with Crippen LogP contribution in [0.3, 0.4) is 0 Å². The first kappa shape index (κ1) is 17.2. The third-order valence-corrected chi connectivity index (χ3v) is 3.45. The van der Waals surface area contributed by atoms with Crippen molar-refractivity contribution in [2.24, 2.45) is 11.7 Å². The number of ether oxygens (including phenoxy) is 1. The molecule has 1 aromatic rings. The summed E-state index contributed by atoms with van der Waals surface area (Å²) in [6.45, 7) is 1.12. The number of rotatable bonds is 2. The Hall–Kier alpha value is -0.850. The molecule has 20 heavy (non-hydrogen) atoms. The first-order chi connectivity index (χ1) is 8.89. The summed E-state index contributed by atoms with van der Waals surface area (Å²) in [6.07, 6.45) is -3.28. The quantitative estimate of drug-likeness (QED) is 0.845. The Balaban J connectivity index is 0.00000200. The maximum absolute atomic E-state index is 13.2. The van der Waals surface area contributed by atoms with E-state index in [9.17, 15) is 17.6 Å². The number of benzene rings is 1. The molecule has 2 N–H and O–H groups in total. The zero-order valence-corrected chi connectivity index (χ0v) is 11.4. The van der Waals surface area contributed by atoms with E-state index in [2.05, 4.69) is 0 Å². The van der Waals surface area contributed by atoms with Crippen LogP contribution in [0.25, 0.3) is 0 Å². The Kier molecular flexibility index (Phi) is 5.79. The Morgan fingerprint density at radius 1 is 1.20 bits per heavy atom. The molecule has 0 aliphatic carbocycles. The van der Waals surface area contributed by atoms with Gasteiger partial charge in [-0.25, -0.2) is 4.39 Å². The number of nitrogens with two attached hydrogens (primary N) is 1. The van der Waals surface area contributed by atoms with E-state index in [-0.39, 0.29) is 18.3 Å². The molecule has 0 amide bonds. The number of halogens is 5. The molecule has 2 nitrogen and oxygen atoms in total. The second-order valence-electron chi connectivity index (χ2n) is 4.71. The van der Waals surface area contributed by atoms with Crippen LogP contribution in [0.5, 0.6) is 0 Å². The first-order valence-electron chi connectivity index (χ1n) is 6.09. The fourth-order valence-corrected chi connectivity index (χ4v) is 2.31. The lowest BCUT2D eigenvalue weighted by atomic mass is 9.87. The minimum absolute atomic E-state index is 0. The van der Waals surface area contributed by atoms with Gasteiger partial charge in [-0.2, -0.15) is 13.2 Å². The van der Waals surface area contributed by atoms with Crippen LogP contribution >= 0.6 is 12.4 Å². The van der Waals surface area contributed by atoms with Crippen molar-refractivity contribution < 1.29 is 22.3 Å². The lowest BCUT2D eigenvalue weighted by Crippen LogP contribution is -2.27. The number of hydrogen-bond acceptors (Lipinski definition) is 2. The van der Waals surface area contributed by atoms with Crippen molar-refractivity contribution in [1.82, 2.24) is 0 Å². The molecule has 1 aliphatic rings. The van der Waals surface area contributed by atoms with Crippen molar-refractivity contribution in [2.45, 2.75) is 25.1 Å². The molecule has 0 aromatic heterocycles. The Morgan fingerprint density at radius 2 is 1.80 bits per heavy atom. The maximum atomic E-state index is 13.2. The van der Waals surface area contributed by atoms with E-state index in [4.69, 9.17) is 10.5 Å². The van der Waals surface area contributed by atoms with Gasteiger partial charge in [-0.3, -0.25) is 0 Å². The molecular formula is C13H16ClF4NO. The van der Waals surface area contributed by atoms with Crippen molar-refractivity contribution in [1.29, 1.82) is 0 Å². The zero-order valence-electron chi connectivity index (χ0n) is 10.6. The topological polar surface area (TPSA) is 35.2 Å². The Bertz CT molecular complexity index is 446. The Morgan fingerprint density at radius 3 is 2.35 bits per heavy atom. The molecule has 0 unspecified atom stereocenters. The van der Waals surface area contributed by atoms with E-state index in [1.807, 2.05) is 0 Å². The van der Waals surface area contributed by atoms with Gasteiger partial charge >= 0.3 is 6.18 Å². The maximum Gasteiger partial charge on any atom is 0.419 e. The number of hydrogen-bond donors (Lipinski definition) is 1. The van der Waals surface area contributed by atoms with Gasteiger partial charge in [0.1, 0.15) is 5.82 Å². The van der Waals surface area contributed by atoms with Crippen LogP contribution in [0.4, 0.5) is 17.6 Å². The molecule has 1 heterocycles. The van der Waals surface area contributed by atoms with Gasteiger partial charge in [0.2, 0.25) is 0 Å². The van der Waals surface area contributed by atoms with E-state index in [1.165, 1.54) is 6.07 Å². The van der Waals surface area contributed by atoms with Gasteiger partial charge in [0.25, 0.3) is 0 Å². The highest BCUT2D eigenvalue weighted by Gasteiger charge is 2.35. The van der Waals surface area contributed by atoms with Gasteiger partial charge in [-0.1, -0.05) is 6.07 Å². The lowest BCUT2D eigenvalue weighted by molar-refractivity contribution is -0.140. The highest BCUT2D eigenvalue weighted by Crippen LogP contribution is 2.35. The molecule has 7 heteroatoms. The van der Waals surface area contributed by atoms with Gasteiger partial charge in [-0.05, 0) is 36.5 Å². The van der Waals surface area contributed by atoms with Crippen LogP contribution < -0.4 is 5.73 Å². The van der Waals surface area contributed by atoms with Gasteiger partial charge in [0.15, 0.2) is 0 Å². The van der Waals surface area contributed by atoms with Crippen molar-refractivity contribution >= 4 is 12.4 Å². The van der Waals surface area contributed by atoms with Crippen LogP contribution in [0.2, 0.25) is 0 Å². The van der Waals surface area contributed by atoms with E-state index in [0.29, 0.717) is 31.6 Å². The summed E-state index contributed by atoms with van der Waals surface area (Å²) in [7, 11) is 0. The minimum Gasteiger partial charge on any atom is -0.381 e. The highest BCUT2D eigenvalue weighted by molar-refractivity contribution is 5.85. The third-order valence-electron chi connectivity index (χ3n) is 3.45. The van der Waals surface area contributed by atoms with Crippen molar-refractivity contribution in [3.8, 4) is 0 Å². The predicted octanol–water partition coefficient (Wildman–Crippen LogP) is 3.69. The summed E-state index contributed by atoms with van der Waals surface area (Å²) in [5.74, 6) is -1.20. The highest BCUT2D eigenvalue weighted by atomic mass is 35.5. The molecule has 114 valence electrons. The first-order valence-corrected chi connectivity index (χ1v) is 6.09. The molecule has 2 rings (SSSR count). The van der Waals surface area contributed by atoms with Crippen LogP contribution in [0, 0.1) is 11.7 Å². The molecule has 1 aliphatic heterocycles. The second kappa shape index (κ2) is 6.74. The molecule has 1 aromatic carbocycles. The normalized spacial score (nSPS) is 18.4. The van der Waals surface area contributed by atoms with Gasteiger partial charge < -0.3 is 10.5 Å². The van der Waals surface area contributed by atoms with Crippen molar-refractivity contribution in [3.63, 3.8) is 0 Å². The van der Waals surface area contributed by atoms with E-state index in [0.717, 1.165) is 12.1 Å². The standard InChI is InChI=1S/C13H15F4NO.ClH/c14-11-2-1-9(7-10(11)13(15,16)17)12(18)8-3-5-19-6-4-8;/h1-2,7-8,12H,3-6,18H2;1H/t12-;/m1./s1. The summed E-state index contributed by atoms with van der Waals surface area (Å²) in [4.78, 5) is 0. The lowest BCUT2D eigenvalue weighted by Gasteiger charge is -2.28. The predicted molar refractivity (Wildman–Crippen MR) is 69.1 cm³/mol. The van der Waals surface area contributed by atoms with Crippen LogP contribution in [0.15, 0.2) is 18.2 Å². The third kappa shape index (κ3) is 3.84. The van der Waals surface area contributed by atoms with Gasteiger partial charge in [0.05, 0.1) is 5.56 Å². The molecule has 0 saturated carbocycles. The molecular weight excluding hydrogens is 298 g/mol. The summed E-state index contributed by atoms with van der Waals surface area (Å²) in [5.41, 5.74) is 5.05. The van der Waals surface area contributed by atoms with E-state index in [1.54, 1.807) is 0 Å². The fraction of sp³-hybridized carbons (Fsp3) is 0.538. The average molecular weight is 314 g/mol. The largest absolute Gasteiger partial charge is 0.419 e.